The van der Waals surface area contributed by atoms with Crippen LogP contribution in [0.5, 0.6) is 0 Å². The lowest BCUT2D eigenvalue weighted by molar-refractivity contribution is -0.137. The van der Waals surface area contributed by atoms with Gasteiger partial charge in [0.2, 0.25) is 0 Å². The maximum absolute atomic E-state index is 12.7. The lowest BCUT2D eigenvalue weighted by atomic mass is 10.0. The Kier molecular flexibility index (Phi) is 8.83. The second-order valence-corrected chi connectivity index (χ2v) is 7.98. The summed E-state index contributed by atoms with van der Waals surface area (Å²) in [6, 6.07) is 7.76. The number of thiophene rings is 1. The van der Waals surface area contributed by atoms with Crippen molar-refractivity contribution in [1.82, 2.24) is 0 Å². The first-order valence-electron chi connectivity index (χ1n) is 9.74. The number of carbonyl (C=O) groups excluding carboxylic acids is 1. The van der Waals surface area contributed by atoms with Crippen molar-refractivity contribution in [1.29, 1.82) is 0 Å². The Bertz CT molecular complexity index is 823. The summed E-state index contributed by atoms with van der Waals surface area (Å²) in [5.41, 5.74) is 0.777. The van der Waals surface area contributed by atoms with E-state index in [1.54, 1.807) is 6.08 Å². The molecule has 1 aromatic heterocycles. The molecule has 0 amide bonds. The van der Waals surface area contributed by atoms with Crippen LogP contribution in [0.2, 0.25) is 0 Å². The first-order valence-corrected chi connectivity index (χ1v) is 10.6. The first kappa shape index (κ1) is 22.3. The number of ketones is 1. The molecule has 0 saturated heterocycles. The Hall–Kier alpha value is -2.02. The highest BCUT2D eigenvalue weighted by atomic mass is 32.1. The van der Waals surface area contributed by atoms with Crippen LogP contribution in [0.3, 0.4) is 0 Å². The van der Waals surface area contributed by atoms with Gasteiger partial charge in [0.15, 0.2) is 5.78 Å². The van der Waals surface area contributed by atoms with Crippen LogP contribution >= 0.6 is 11.3 Å². The fourth-order valence-corrected chi connectivity index (χ4v) is 4.20. The minimum Gasteiger partial charge on any atom is -0.481 e. The number of rotatable bonds is 12. The van der Waals surface area contributed by atoms with E-state index >= 15 is 0 Å². The van der Waals surface area contributed by atoms with E-state index in [0.29, 0.717) is 17.7 Å². The number of Topliss-reactive ketones (excluding diaryl/α,β-unsaturated/α-hetero) is 1. The van der Waals surface area contributed by atoms with E-state index < -0.39 is 18.2 Å². The summed E-state index contributed by atoms with van der Waals surface area (Å²) in [5, 5.41) is 29.8. The van der Waals surface area contributed by atoms with Crippen molar-refractivity contribution < 1.29 is 24.9 Å². The zero-order valence-corrected chi connectivity index (χ0v) is 17.0. The molecule has 28 heavy (non-hydrogen) atoms. The number of hydrogen-bond acceptors (Lipinski definition) is 5. The van der Waals surface area contributed by atoms with Crippen LogP contribution in [-0.2, 0) is 4.79 Å². The highest BCUT2D eigenvalue weighted by Gasteiger charge is 2.18. The van der Waals surface area contributed by atoms with Crippen LogP contribution in [0.4, 0.5) is 0 Å². The lowest BCUT2D eigenvalue weighted by Gasteiger charge is -2.13. The molecule has 2 unspecified atom stereocenters. The average Bonchev–Trinajstić information content (AvgIpc) is 3.04. The Labute approximate surface area is 169 Å². The van der Waals surface area contributed by atoms with Crippen molar-refractivity contribution in [3.8, 4) is 0 Å². The molecular formula is C22H28O5S. The Balaban J connectivity index is 2.17. The molecule has 0 bridgehead atoms. The third-order valence-electron chi connectivity index (χ3n) is 4.64. The number of unbranched alkanes of at least 4 members (excludes halogenated alkanes) is 2. The number of hydrogen-bond donors (Lipinski definition) is 3. The second kappa shape index (κ2) is 11.1. The molecule has 6 heteroatoms. The SMILES string of the molecule is CCCCCC(=O)c1sc2ccccc2c1/C=C/C(O)C(O)CCCC(=O)O. The van der Waals surface area contributed by atoms with Gasteiger partial charge in [-0.3, -0.25) is 9.59 Å². The number of aliphatic hydroxyl groups excluding tert-OH is 2. The third kappa shape index (κ3) is 6.26. The summed E-state index contributed by atoms with van der Waals surface area (Å²) < 4.78 is 1.01. The molecule has 152 valence electrons. The smallest absolute Gasteiger partial charge is 0.303 e. The van der Waals surface area contributed by atoms with Crippen molar-refractivity contribution in [2.45, 2.75) is 64.1 Å². The minimum atomic E-state index is -1.12. The zero-order valence-electron chi connectivity index (χ0n) is 16.1. The van der Waals surface area contributed by atoms with Gasteiger partial charge in [-0.05, 0) is 25.3 Å². The van der Waals surface area contributed by atoms with Gasteiger partial charge in [-0.1, -0.05) is 50.1 Å². The average molecular weight is 405 g/mol. The van der Waals surface area contributed by atoms with Gasteiger partial charge in [-0.15, -0.1) is 11.3 Å². The van der Waals surface area contributed by atoms with Gasteiger partial charge in [0.1, 0.15) is 0 Å². The van der Waals surface area contributed by atoms with E-state index in [-0.39, 0.29) is 18.6 Å². The van der Waals surface area contributed by atoms with Crippen molar-refractivity contribution in [2.75, 3.05) is 0 Å². The van der Waals surface area contributed by atoms with Gasteiger partial charge in [0, 0.05) is 28.5 Å². The highest BCUT2D eigenvalue weighted by molar-refractivity contribution is 7.21. The summed E-state index contributed by atoms with van der Waals surface area (Å²) in [6.07, 6.45) is 4.93. The van der Waals surface area contributed by atoms with E-state index in [4.69, 9.17) is 5.11 Å². The van der Waals surface area contributed by atoms with Gasteiger partial charge in [-0.25, -0.2) is 0 Å². The van der Waals surface area contributed by atoms with Crippen LogP contribution in [0.25, 0.3) is 16.2 Å². The number of benzene rings is 1. The molecular weight excluding hydrogens is 376 g/mol. The predicted octanol–water partition coefficient (Wildman–Crippen LogP) is 4.65. The number of fused-ring (bicyclic) bond motifs is 1. The highest BCUT2D eigenvalue weighted by Crippen LogP contribution is 2.33. The third-order valence-corrected chi connectivity index (χ3v) is 5.87. The zero-order chi connectivity index (χ0) is 20.5. The molecule has 0 radical (unpaired) electrons. The molecule has 5 nitrogen and oxygen atoms in total. The van der Waals surface area contributed by atoms with Crippen LogP contribution in [0.15, 0.2) is 30.3 Å². The van der Waals surface area contributed by atoms with Crippen molar-refractivity contribution in [3.63, 3.8) is 0 Å². The van der Waals surface area contributed by atoms with E-state index in [2.05, 4.69) is 6.92 Å². The molecule has 2 atom stereocenters. The monoisotopic (exact) mass is 404 g/mol. The molecule has 0 aliphatic heterocycles. The Morgan fingerprint density at radius 3 is 2.57 bits per heavy atom. The summed E-state index contributed by atoms with van der Waals surface area (Å²) in [4.78, 5) is 23.9. The molecule has 0 spiro atoms. The summed E-state index contributed by atoms with van der Waals surface area (Å²) in [7, 11) is 0. The standard InChI is InChI=1S/C22H28O5S/c1-2-3-4-9-19(25)22-16(15-8-5-6-11-20(15)28-22)13-14-18(24)17(23)10-7-12-21(26)27/h5-6,8,11,13-14,17-18,23-24H,2-4,7,9-10,12H2,1H3,(H,26,27)/b14-13+. The van der Waals surface area contributed by atoms with Crippen LogP contribution in [0.1, 0.15) is 67.1 Å². The van der Waals surface area contributed by atoms with E-state index in [1.807, 2.05) is 24.3 Å². The van der Waals surface area contributed by atoms with Gasteiger partial charge in [-0.2, -0.15) is 0 Å². The number of aliphatic hydroxyl groups is 2. The Morgan fingerprint density at radius 2 is 1.86 bits per heavy atom. The molecule has 1 heterocycles. The predicted molar refractivity (Wildman–Crippen MR) is 113 cm³/mol. The largest absolute Gasteiger partial charge is 0.481 e. The molecule has 0 fully saturated rings. The summed E-state index contributed by atoms with van der Waals surface area (Å²) in [5.74, 6) is -0.820. The van der Waals surface area contributed by atoms with Crippen molar-refractivity contribution in [2.24, 2.45) is 0 Å². The summed E-state index contributed by atoms with van der Waals surface area (Å²) >= 11 is 1.46. The quantitative estimate of drug-likeness (QED) is 0.353. The maximum atomic E-state index is 12.7. The van der Waals surface area contributed by atoms with Gasteiger partial charge < -0.3 is 15.3 Å². The molecule has 0 aliphatic carbocycles. The number of carboxylic acids is 1. The minimum absolute atomic E-state index is 0.0426. The van der Waals surface area contributed by atoms with Gasteiger partial charge in [0.25, 0.3) is 0 Å². The second-order valence-electron chi connectivity index (χ2n) is 6.92. The number of carboxylic acid groups (broad SMARTS) is 1. The van der Waals surface area contributed by atoms with E-state index in [9.17, 15) is 19.8 Å². The van der Waals surface area contributed by atoms with Crippen LogP contribution in [-0.4, -0.2) is 39.3 Å². The summed E-state index contributed by atoms with van der Waals surface area (Å²) in [6.45, 7) is 2.10. The first-order chi connectivity index (χ1) is 13.4. The van der Waals surface area contributed by atoms with Gasteiger partial charge in [0.05, 0.1) is 17.1 Å². The molecule has 2 aromatic rings. The molecule has 2 rings (SSSR count). The van der Waals surface area contributed by atoms with E-state index in [1.165, 1.54) is 17.4 Å². The van der Waals surface area contributed by atoms with Crippen LogP contribution < -0.4 is 0 Å². The van der Waals surface area contributed by atoms with E-state index in [0.717, 1.165) is 34.9 Å². The number of carbonyl (C=O) groups is 2. The fourth-order valence-electron chi connectivity index (χ4n) is 3.04. The lowest BCUT2D eigenvalue weighted by Crippen LogP contribution is -2.23. The topological polar surface area (TPSA) is 94.8 Å². The molecule has 0 saturated carbocycles. The number of aliphatic carboxylic acids is 1. The normalized spacial score (nSPS) is 13.8. The van der Waals surface area contributed by atoms with Crippen molar-refractivity contribution >= 4 is 39.3 Å². The fraction of sp³-hybridized carbons (Fsp3) is 0.455. The van der Waals surface area contributed by atoms with Crippen LogP contribution in [0, 0.1) is 0 Å². The maximum Gasteiger partial charge on any atom is 0.303 e. The van der Waals surface area contributed by atoms with Gasteiger partial charge >= 0.3 is 5.97 Å². The molecule has 3 N–H and O–H groups in total. The Morgan fingerprint density at radius 1 is 1.11 bits per heavy atom. The molecule has 1 aromatic carbocycles. The molecule has 0 aliphatic rings. The van der Waals surface area contributed by atoms with Crippen molar-refractivity contribution in [3.05, 3.63) is 40.8 Å².